The van der Waals surface area contributed by atoms with Crippen LogP contribution in [0.1, 0.15) is 12.5 Å². The van der Waals surface area contributed by atoms with Crippen molar-refractivity contribution >= 4 is 46.3 Å². The zero-order valence-electron chi connectivity index (χ0n) is 12.7. The monoisotopic (exact) mass is 353 g/mol. The van der Waals surface area contributed by atoms with Crippen LogP contribution in [0, 0.1) is 0 Å². The highest BCUT2D eigenvalue weighted by Crippen LogP contribution is 2.36. The van der Waals surface area contributed by atoms with Gasteiger partial charge in [0.05, 0.1) is 19.1 Å². The molecule has 6 nitrogen and oxygen atoms in total. The summed E-state index contributed by atoms with van der Waals surface area (Å²) in [4.78, 5) is 25.0. The van der Waals surface area contributed by atoms with E-state index in [1.54, 1.807) is 31.4 Å². The molecule has 1 saturated heterocycles. The van der Waals surface area contributed by atoms with Crippen LogP contribution in [0.25, 0.3) is 6.08 Å². The molecule has 2 rings (SSSR count). The summed E-state index contributed by atoms with van der Waals surface area (Å²) in [6, 6.07) is 4.19. The number of hydrogen-bond acceptors (Lipinski definition) is 6. The Morgan fingerprint density at radius 2 is 2.09 bits per heavy atom. The van der Waals surface area contributed by atoms with Crippen molar-refractivity contribution in [3.63, 3.8) is 0 Å². The van der Waals surface area contributed by atoms with E-state index < -0.39 is 17.9 Å². The maximum atomic E-state index is 12.4. The number of thioether (sulfide) groups is 1. The lowest BCUT2D eigenvalue weighted by atomic mass is 10.1. The summed E-state index contributed by atoms with van der Waals surface area (Å²) in [7, 11) is 3.07. The Labute approximate surface area is 143 Å². The lowest BCUT2D eigenvalue weighted by molar-refractivity contribution is -0.144. The summed E-state index contributed by atoms with van der Waals surface area (Å²) in [6.07, 6.45) is 1.63. The molecule has 0 aromatic heterocycles. The number of nitrogens with zero attached hydrogens (tertiary/aromatic N) is 1. The van der Waals surface area contributed by atoms with E-state index in [4.69, 9.17) is 26.8 Å². The van der Waals surface area contributed by atoms with Crippen LogP contribution in [0.15, 0.2) is 23.1 Å². The maximum Gasteiger partial charge on any atom is 0.326 e. The minimum Gasteiger partial charge on any atom is -0.497 e. The van der Waals surface area contributed by atoms with Crippen LogP contribution >= 0.6 is 24.0 Å². The van der Waals surface area contributed by atoms with Gasteiger partial charge in [-0.2, -0.15) is 0 Å². The van der Waals surface area contributed by atoms with E-state index in [9.17, 15) is 9.59 Å². The second kappa shape index (κ2) is 7.01. The molecule has 1 aromatic carbocycles. The molecule has 0 spiro atoms. The molecule has 1 fully saturated rings. The Kier molecular flexibility index (Phi) is 5.27. The Morgan fingerprint density at radius 3 is 2.65 bits per heavy atom. The molecule has 0 saturated carbocycles. The quantitative estimate of drug-likeness (QED) is 0.643. The van der Waals surface area contributed by atoms with Gasteiger partial charge >= 0.3 is 5.97 Å². The third kappa shape index (κ3) is 3.48. The van der Waals surface area contributed by atoms with Crippen molar-refractivity contribution in [2.24, 2.45) is 0 Å². The van der Waals surface area contributed by atoms with E-state index in [-0.39, 0.29) is 4.32 Å². The summed E-state index contributed by atoms with van der Waals surface area (Å²) in [5.74, 6) is -0.357. The molecule has 122 valence electrons. The van der Waals surface area contributed by atoms with Crippen LogP contribution in [-0.4, -0.2) is 46.5 Å². The summed E-state index contributed by atoms with van der Waals surface area (Å²) < 4.78 is 10.6. The predicted molar refractivity (Wildman–Crippen MR) is 91.7 cm³/mol. The highest BCUT2D eigenvalue weighted by Gasteiger charge is 2.38. The first kappa shape index (κ1) is 17.3. The van der Waals surface area contributed by atoms with Crippen LogP contribution in [0.2, 0.25) is 0 Å². The molecule has 1 heterocycles. The Balaban J connectivity index is 2.36. The summed E-state index contributed by atoms with van der Waals surface area (Å²) >= 11 is 6.19. The van der Waals surface area contributed by atoms with Gasteiger partial charge in [0.1, 0.15) is 21.9 Å². The molecule has 0 aliphatic carbocycles. The number of benzene rings is 1. The van der Waals surface area contributed by atoms with Gasteiger partial charge in [0, 0.05) is 11.6 Å². The van der Waals surface area contributed by atoms with Gasteiger partial charge in [-0.25, -0.2) is 4.79 Å². The third-order valence-corrected chi connectivity index (χ3v) is 4.63. The van der Waals surface area contributed by atoms with Gasteiger partial charge in [0.15, 0.2) is 0 Å². The zero-order chi connectivity index (χ0) is 17.1. The minimum atomic E-state index is -1.11. The smallest absolute Gasteiger partial charge is 0.326 e. The standard InChI is InChI=1S/C15H15NO5S2/c1-8(14(18)19)16-13(17)12(23-15(16)22)6-9-4-5-10(20-2)7-11(9)21-3/h4-8H,1-3H3,(H,18,19)/b12-6+/t8-/m0/s1. The summed E-state index contributed by atoms with van der Waals surface area (Å²) in [5.41, 5.74) is 0.678. The van der Waals surface area contributed by atoms with Gasteiger partial charge in [-0.3, -0.25) is 9.69 Å². The molecule has 1 N–H and O–H groups in total. The van der Waals surface area contributed by atoms with E-state index in [0.29, 0.717) is 22.0 Å². The normalized spacial score (nSPS) is 17.5. The topological polar surface area (TPSA) is 76.1 Å². The second-order valence-corrected chi connectivity index (χ2v) is 6.35. The van der Waals surface area contributed by atoms with Crippen molar-refractivity contribution in [2.75, 3.05) is 14.2 Å². The fourth-order valence-electron chi connectivity index (χ4n) is 2.00. The van der Waals surface area contributed by atoms with E-state index in [0.717, 1.165) is 16.7 Å². The van der Waals surface area contributed by atoms with E-state index in [1.807, 2.05) is 0 Å². The number of carbonyl (C=O) groups excluding carboxylic acids is 1. The Hall–Kier alpha value is -2.06. The lowest BCUT2D eigenvalue weighted by Gasteiger charge is -2.18. The lowest BCUT2D eigenvalue weighted by Crippen LogP contribution is -2.41. The average Bonchev–Trinajstić information content (AvgIpc) is 2.80. The fraction of sp³-hybridized carbons (Fsp3) is 0.267. The largest absolute Gasteiger partial charge is 0.497 e. The van der Waals surface area contributed by atoms with Gasteiger partial charge in [-0.05, 0) is 25.1 Å². The van der Waals surface area contributed by atoms with Crippen molar-refractivity contribution in [3.05, 3.63) is 28.7 Å². The van der Waals surface area contributed by atoms with Gasteiger partial charge in [-0.1, -0.05) is 24.0 Å². The van der Waals surface area contributed by atoms with E-state index in [1.165, 1.54) is 14.0 Å². The van der Waals surface area contributed by atoms with Crippen LogP contribution < -0.4 is 9.47 Å². The molecule has 0 unspecified atom stereocenters. The second-order valence-electron chi connectivity index (χ2n) is 4.67. The van der Waals surface area contributed by atoms with Gasteiger partial charge in [0.25, 0.3) is 5.91 Å². The first-order valence-electron chi connectivity index (χ1n) is 6.61. The van der Waals surface area contributed by atoms with Crippen molar-refractivity contribution in [3.8, 4) is 11.5 Å². The molecular weight excluding hydrogens is 338 g/mol. The summed E-state index contributed by atoms with van der Waals surface area (Å²) in [5, 5.41) is 9.08. The number of amides is 1. The molecule has 1 aliphatic heterocycles. The van der Waals surface area contributed by atoms with Crippen molar-refractivity contribution in [2.45, 2.75) is 13.0 Å². The number of methoxy groups -OCH3 is 2. The summed E-state index contributed by atoms with van der Waals surface area (Å²) in [6.45, 7) is 1.42. The molecule has 1 aromatic rings. The molecule has 1 aliphatic rings. The number of ether oxygens (including phenoxy) is 2. The van der Waals surface area contributed by atoms with Gasteiger partial charge in [-0.15, -0.1) is 0 Å². The fourth-order valence-corrected chi connectivity index (χ4v) is 3.41. The molecule has 23 heavy (non-hydrogen) atoms. The Morgan fingerprint density at radius 1 is 1.39 bits per heavy atom. The number of aliphatic carboxylic acids is 1. The predicted octanol–water partition coefficient (Wildman–Crippen LogP) is 2.38. The van der Waals surface area contributed by atoms with Gasteiger partial charge in [0.2, 0.25) is 0 Å². The first-order valence-corrected chi connectivity index (χ1v) is 7.83. The maximum absolute atomic E-state index is 12.4. The van der Waals surface area contributed by atoms with Crippen LogP contribution in [0.4, 0.5) is 0 Å². The Bertz CT molecular complexity index is 701. The number of carbonyl (C=O) groups is 2. The number of carboxylic acids is 1. The first-order chi connectivity index (χ1) is 10.9. The molecule has 1 amide bonds. The SMILES string of the molecule is COc1ccc(/C=C2/SC(=S)N([C@@H](C)C(=O)O)C2=O)c(OC)c1. The molecule has 0 radical (unpaired) electrons. The van der Waals surface area contributed by atoms with Crippen LogP contribution in [0.5, 0.6) is 11.5 Å². The van der Waals surface area contributed by atoms with Crippen LogP contribution in [-0.2, 0) is 9.59 Å². The van der Waals surface area contributed by atoms with Crippen molar-refractivity contribution < 1.29 is 24.2 Å². The van der Waals surface area contributed by atoms with Gasteiger partial charge < -0.3 is 14.6 Å². The van der Waals surface area contributed by atoms with Crippen molar-refractivity contribution in [1.82, 2.24) is 4.90 Å². The number of hydrogen-bond donors (Lipinski definition) is 1. The molecule has 1 atom stereocenters. The molecular formula is C15H15NO5S2. The van der Waals surface area contributed by atoms with E-state index in [2.05, 4.69) is 0 Å². The zero-order valence-corrected chi connectivity index (χ0v) is 14.4. The highest BCUT2D eigenvalue weighted by atomic mass is 32.2. The number of thiocarbonyl (C=S) groups is 1. The average molecular weight is 353 g/mol. The third-order valence-electron chi connectivity index (χ3n) is 3.30. The molecule has 0 bridgehead atoms. The van der Waals surface area contributed by atoms with E-state index >= 15 is 0 Å². The van der Waals surface area contributed by atoms with Crippen LogP contribution in [0.3, 0.4) is 0 Å². The molecule has 8 heteroatoms. The number of rotatable bonds is 5. The minimum absolute atomic E-state index is 0.226. The highest BCUT2D eigenvalue weighted by molar-refractivity contribution is 8.26. The number of carboxylic acid groups (broad SMARTS) is 1. The van der Waals surface area contributed by atoms with Crippen molar-refractivity contribution in [1.29, 1.82) is 0 Å².